The first kappa shape index (κ1) is 13.8. The van der Waals surface area contributed by atoms with Crippen LogP contribution in [0.5, 0.6) is 0 Å². The lowest BCUT2D eigenvalue weighted by molar-refractivity contribution is -0.139. The van der Waals surface area contributed by atoms with Gasteiger partial charge in [-0.05, 0) is 32.6 Å². The van der Waals surface area contributed by atoms with E-state index in [2.05, 4.69) is 0 Å². The summed E-state index contributed by atoms with van der Waals surface area (Å²) in [5.41, 5.74) is 0. The molecule has 1 amide bonds. The highest BCUT2D eigenvalue weighted by molar-refractivity contribution is 5.78. The molecule has 0 bridgehead atoms. The maximum absolute atomic E-state index is 12.1. The van der Waals surface area contributed by atoms with E-state index in [1.807, 2.05) is 11.8 Å². The highest BCUT2D eigenvalue weighted by Gasteiger charge is 2.38. The van der Waals surface area contributed by atoms with Gasteiger partial charge >= 0.3 is 0 Å². The third kappa shape index (κ3) is 3.04. The van der Waals surface area contributed by atoms with Crippen LogP contribution in [0.2, 0.25) is 0 Å². The summed E-state index contributed by atoms with van der Waals surface area (Å²) in [5.74, 6) is 0.379. The number of aliphatic hydroxyl groups excluding tert-OH is 1. The lowest BCUT2D eigenvalue weighted by Crippen LogP contribution is -2.46. The van der Waals surface area contributed by atoms with Crippen LogP contribution in [-0.2, 0) is 9.53 Å². The van der Waals surface area contributed by atoms with Crippen molar-refractivity contribution in [3.63, 3.8) is 0 Å². The second kappa shape index (κ2) is 6.53. The van der Waals surface area contributed by atoms with Crippen molar-refractivity contribution >= 4 is 5.91 Å². The Balaban J connectivity index is 1.95. The molecule has 4 heteroatoms. The Morgan fingerprint density at radius 2 is 2.06 bits per heavy atom. The number of carbonyl (C=O) groups is 1. The van der Waals surface area contributed by atoms with Crippen LogP contribution in [0.3, 0.4) is 0 Å². The lowest BCUT2D eigenvalue weighted by atomic mass is 9.80. The molecule has 104 valence electrons. The molecule has 1 heterocycles. The first-order valence-electron chi connectivity index (χ1n) is 7.29. The first-order valence-corrected chi connectivity index (χ1v) is 7.29. The molecule has 1 aliphatic heterocycles. The third-order valence-electron chi connectivity index (χ3n) is 4.33. The summed E-state index contributed by atoms with van der Waals surface area (Å²) in [4.78, 5) is 14.0. The number of likely N-dealkylation sites (tertiary alicyclic amines) is 1. The summed E-state index contributed by atoms with van der Waals surface area (Å²) >= 11 is 0. The highest BCUT2D eigenvalue weighted by atomic mass is 16.5. The number of rotatable bonds is 4. The van der Waals surface area contributed by atoms with Crippen LogP contribution in [0.15, 0.2) is 0 Å². The van der Waals surface area contributed by atoms with Gasteiger partial charge in [-0.25, -0.2) is 0 Å². The number of amides is 1. The fraction of sp³-hybridized carbons (Fsp3) is 0.929. The summed E-state index contributed by atoms with van der Waals surface area (Å²) < 4.78 is 5.22. The van der Waals surface area contributed by atoms with E-state index in [-0.39, 0.29) is 30.6 Å². The Morgan fingerprint density at radius 1 is 1.28 bits per heavy atom. The molecule has 1 saturated heterocycles. The molecular formula is C14H25NO3. The van der Waals surface area contributed by atoms with Crippen molar-refractivity contribution in [2.45, 2.75) is 57.6 Å². The summed E-state index contributed by atoms with van der Waals surface area (Å²) in [6, 6.07) is 0.244. The molecule has 3 atom stereocenters. The second-order valence-corrected chi connectivity index (χ2v) is 5.45. The van der Waals surface area contributed by atoms with Crippen molar-refractivity contribution in [3.05, 3.63) is 0 Å². The summed E-state index contributed by atoms with van der Waals surface area (Å²) in [6.07, 6.45) is 6.15. The van der Waals surface area contributed by atoms with Gasteiger partial charge in [-0.1, -0.05) is 12.8 Å². The third-order valence-corrected chi connectivity index (χ3v) is 4.33. The van der Waals surface area contributed by atoms with Gasteiger partial charge in [0, 0.05) is 25.1 Å². The fourth-order valence-electron chi connectivity index (χ4n) is 3.41. The second-order valence-electron chi connectivity index (χ2n) is 5.45. The van der Waals surface area contributed by atoms with Crippen LogP contribution < -0.4 is 0 Å². The van der Waals surface area contributed by atoms with Crippen LogP contribution in [0.1, 0.15) is 45.4 Å². The zero-order valence-electron chi connectivity index (χ0n) is 11.3. The van der Waals surface area contributed by atoms with Crippen molar-refractivity contribution < 1.29 is 14.6 Å². The minimum Gasteiger partial charge on any atom is -0.393 e. The van der Waals surface area contributed by atoms with Crippen molar-refractivity contribution in [1.82, 2.24) is 4.90 Å². The standard InChI is InChI=1S/C14H25NO3/c1-2-18-10-14(17)15-9-5-7-12(15)11-6-3-4-8-13(11)16/h11-13,16H,2-10H2,1H3. The molecule has 4 nitrogen and oxygen atoms in total. The number of hydrogen-bond donors (Lipinski definition) is 1. The van der Waals surface area contributed by atoms with Gasteiger partial charge in [0.05, 0.1) is 6.10 Å². The molecule has 18 heavy (non-hydrogen) atoms. The van der Waals surface area contributed by atoms with Gasteiger partial charge in [-0.15, -0.1) is 0 Å². The molecule has 1 N–H and O–H groups in total. The van der Waals surface area contributed by atoms with E-state index in [9.17, 15) is 9.90 Å². The average Bonchev–Trinajstić information content (AvgIpc) is 2.85. The Bertz CT molecular complexity index is 282. The topological polar surface area (TPSA) is 49.8 Å². The molecule has 1 aliphatic carbocycles. The van der Waals surface area contributed by atoms with Gasteiger partial charge in [0.2, 0.25) is 5.91 Å². The maximum atomic E-state index is 12.1. The van der Waals surface area contributed by atoms with Crippen LogP contribution in [0, 0.1) is 5.92 Å². The minimum absolute atomic E-state index is 0.0946. The van der Waals surface area contributed by atoms with E-state index in [1.54, 1.807) is 0 Å². The van der Waals surface area contributed by atoms with Crippen LogP contribution in [0.25, 0.3) is 0 Å². The predicted molar refractivity (Wildman–Crippen MR) is 69.2 cm³/mol. The van der Waals surface area contributed by atoms with E-state index in [4.69, 9.17) is 4.74 Å². The molecule has 3 unspecified atom stereocenters. The summed E-state index contributed by atoms with van der Waals surface area (Å²) in [6.45, 7) is 3.51. The monoisotopic (exact) mass is 255 g/mol. The Hall–Kier alpha value is -0.610. The molecule has 0 radical (unpaired) electrons. The molecule has 1 saturated carbocycles. The first-order chi connectivity index (χ1) is 8.74. The molecule has 0 aromatic heterocycles. The zero-order chi connectivity index (χ0) is 13.0. The number of aliphatic hydroxyl groups is 1. The maximum Gasteiger partial charge on any atom is 0.248 e. The molecule has 2 fully saturated rings. The van der Waals surface area contributed by atoms with E-state index in [0.717, 1.165) is 38.6 Å². The van der Waals surface area contributed by atoms with Crippen molar-refractivity contribution in [2.75, 3.05) is 19.8 Å². The molecule has 0 aromatic carbocycles. The minimum atomic E-state index is -0.218. The van der Waals surface area contributed by atoms with E-state index in [1.165, 1.54) is 6.42 Å². The van der Waals surface area contributed by atoms with Gasteiger partial charge in [0.1, 0.15) is 6.61 Å². The van der Waals surface area contributed by atoms with Gasteiger partial charge < -0.3 is 14.7 Å². The summed E-state index contributed by atoms with van der Waals surface area (Å²) in [7, 11) is 0. The average molecular weight is 255 g/mol. The van der Waals surface area contributed by atoms with E-state index < -0.39 is 0 Å². The highest BCUT2D eigenvalue weighted by Crippen LogP contribution is 2.34. The molecule has 0 spiro atoms. The quantitative estimate of drug-likeness (QED) is 0.829. The van der Waals surface area contributed by atoms with Gasteiger partial charge in [0.25, 0.3) is 0 Å². The largest absolute Gasteiger partial charge is 0.393 e. The summed E-state index contributed by atoms with van der Waals surface area (Å²) in [5, 5.41) is 10.1. The number of carbonyl (C=O) groups excluding carboxylic acids is 1. The van der Waals surface area contributed by atoms with Crippen molar-refractivity contribution in [3.8, 4) is 0 Å². The van der Waals surface area contributed by atoms with Crippen LogP contribution in [-0.4, -0.2) is 47.8 Å². The number of nitrogens with zero attached hydrogens (tertiary/aromatic N) is 1. The Labute approximate surface area is 109 Å². The molecule has 2 rings (SSSR count). The zero-order valence-corrected chi connectivity index (χ0v) is 11.3. The smallest absolute Gasteiger partial charge is 0.248 e. The van der Waals surface area contributed by atoms with Crippen LogP contribution >= 0.6 is 0 Å². The van der Waals surface area contributed by atoms with Gasteiger partial charge in [-0.3, -0.25) is 4.79 Å². The van der Waals surface area contributed by atoms with E-state index >= 15 is 0 Å². The van der Waals surface area contributed by atoms with Gasteiger partial charge in [0.15, 0.2) is 0 Å². The van der Waals surface area contributed by atoms with E-state index in [0.29, 0.717) is 6.61 Å². The number of hydrogen-bond acceptors (Lipinski definition) is 3. The molecule has 0 aromatic rings. The fourth-order valence-corrected chi connectivity index (χ4v) is 3.41. The number of ether oxygens (including phenoxy) is 1. The molecule has 2 aliphatic rings. The molecular weight excluding hydrogens is 230 g/mol. The SMILES string of the molecule is CCOCC(=O)N1CCCC1C1CCCCC1O. The van der Waals surface area contributed by atoms with Gasteiger partial charge in [-0.2, -0.15) is 0 Å². The Morgan fingerprint density at radius 3 is 2.78 bits per heavy atom. The predicted octanol–water partition coefficient (Wildman–Crippen LogP) is 1.56. The van der Waals surface area contributed by atoms with Crippen molar-refractivity contribution in [2.24, 2.45) is 5.92 Å². The normalized spacial score (nSPS) is 32.8. The van der Waals surface area contributed by atoms with Crippen molar-refractivity contribution in [1.29, 1.82) is 0 Å². The van der Waals surface area contributed by atoms with Crippen LogP contribution in [0.4, 0.5) is 0 Å². The Kier molecular flexibility index (Phi) is 5.01. The lowest BCUT2D eigenvalue weighted by Gasteiger charge is -2.37.